The number of halogens is 1. The summed E-state index contributed by atoms with van der Waals surface area (Å²) in [5.74, 6) is -0.385. The number of fused-ring (bicyclic) bond motifs is 1. The van der Waals surface area contributed by atoms with Crippen molar-refractivity contribution in [1.82, 2.24) is 14.9 Å². The minimum Gasteiger partial charge on any atom is -0.394 e. The van der Waals surface area contributed by atoms with Crippen molar-refractivity contribution in [3.63, 3.8) is 0 Å². The number of hydrogen-bond donors (Lipinski definition) is 2. The van der Waals surface area contributed by atoms with Crippen LogP contribution in [0.15, 0.2) is 71.8 Å². The SMILES string of the molecule is CCn1c(Cc2ccc(Cl)cc2)cc2cc(C(=O)N[C@@H](CO)c3ccc(S(=O)(=O)CC)cn3)ccc21. The van der Waals surface area contributed by atoms with Crippen molar-refractivity contribution in [2.24, 2.45) is 0 Å². The Morgan fingerprint density at radius 2 is 1.83 bits per heavy atom. The fourth-order valence-electron chi connectivity index (χ4n) is 4.20. The van der Waals surface area contributed by atoms with E-state index < -0.39 is 15.9 Å². The second-order valence-corrected chi connectivity index (χ2v) is 11.2. The van der Waals surface area contributed by atoms with Crippen LogP contribution >= 0.6 is 11.6 Å². The number of aryl methyl sites for hydroxylation is 1. The monoisotopic (exact) mass is 525 g/mol. The zero-order valence-corrected chi connectivity index (χ0v) is 21.7. The Bertz CT molecular complexity index is 1480. The van der Waals surface area contributed by atoms with Crippen LogP contribution in [0.2, 0.25) is 5.02 Å². The van der Waals surface area contributed by atoms with Gasteiger partial charge in [-0.15, -0.1) is 0 Å². The van der Waals surface area contributed by atoms with Gasteiger partial charge in [-0.05, 0) is 61.0 Å². The Balaban J connectivity index is 1.56. The second-order valence-electron chi connectivity index (χ2n) is 8.49. The summed E-state index contributed by atoms with van der Waals surface area (Å²) in [5, 5.41) is 14.3. The zero-order valence-electron chi connectivity index (χ0n) is 20.1. The molecule has 0 radical (unpaired) electrons. The van der Waals surface area contributed by atoms with E-state index in [1.165, 1.54) is 18.3 Å². The van der Waals surface area contributed by atoms with Crippen LogP contribution in [0.1, 0.15) is 47.2 Å². The highest BCUT2D eigenvalue weighted by Gasteiger charge is 2.19. The number of benzene rings is 2. The molecule has 4 rings (SSSR count). The van der Waals surface area contributed by atoms with Gasteiger partial charge in [0.05, 0.1) is 29.0 Å². The van der Waals surface area contributed by atoms with Gasteiger partial charge in [-0.2, -0.15) is 0 Å². The number of pyridine rings is 1. The number of hydrogen-bond acceptors (Lipinski definition) is 5. The number of aromatic nitrogens is 2. The molecule has 9 heteroatoms. The largest absolute Gasteiger partial charge is 0.394 e. The van der Waals surface area contributed by atoms with Crippen LogP contribution in [-0.2, 0) is 22.8 Å². The van der Waals surface area contributed by atoms with E-state index in [1.807, 2.05) is 36.4 Å². The molecule has 0 saturated heterocycles. The maximum atomic E-state index is 13.0. The maximum absolute atomic E-state index is 13.0. The lowest BCUT2D eigenvalue weighted by Crippen LogP contribution is -2.31. The first kappa shape index (κ1) is 25.9. The lowest BCUT2D eigenvalue weighted by Gasteiger charge is -2.16. The van der Waals surface area contributed by atoms with Crippen molar-refractivity contribution in [2.75, 3.05) is 12.4 Å². The third-order valence-corrected chi connectivity index (χ3v) is 8.18. The van der Waals surface area contributed by atoms with E-state index in [0.717, 1.165) is 35.1 Å². The van der Waals surface area contributed by atoms with Crippen molar-refractivity contribution in [3.8, 4) is 0 Å². The number of carbonyl (C=O) groups is 1. The van der Waals surface area contributed by atoms with Gasteiger partial charge in [0.25, 0.3) is 5.91 Å². The summed E-state index contributed by atoms with van der Waals surface area (Å²) in [7, 11) is -3.38. The predicted molar refractivity (Wildman–Crippen MR) is 141 cm³/mol. The van der Waals surface area contributed by atoms with E-state index in [1.54, 1.807) is 13.0 Å². The number of nitrogens with zero attached hydrogens (tertiary/aromatic N) is 2. The minimum atomic E-state index is -3.38. The third kappa shape index (κ3) is 5.46. The normalized spacial score (nSPS) is 12.6. The van der Waals surface area contributed by atoms with Gasteiger partial charge in [-0.25, -0.2) is 8.42 Å². The van der Waals surface area contributed by atoms with Crippen LogP contribution < -0.4 is 5.32 Å². The Morgan fingerprint density at radius 3 is 2.44 bits per heavy atom. The first-order valence-electron chi connectivity index (χ1n) is 11.7. The average molecular weight is 526 g/mol. The molecule has 0 aliphatic carbocycles. The molecule has 0 aliphatic rings. The minimum absolute atomic E-state index is 0.0299. The molecule has 0 bridgehead atoms. The average Bonchev–Trinajstić information content (AvgIpc) is 3.24. The fraction of sp³-hybridized carbons (Fsp3) is 0.259. The molecule has 1 amide bonds. The molecule has 2 heterocycles. The lowest BCUT2D eigenvalue weighted by molar-refractivity contribution is 0.0915. The molecule has 0 fully saturated rings. The molecule has 4 aromatic rings. The van der Waals surface area contributed by atoms with Crippen molar-refractivity contribution in [3.05, 3.63) is 94.4 Å². The van der Waals surface area contributed by atoms with Gasteiger partial charge < -0.3 is 15.0 Å². The summed E-state index contributed by atoms with van der Waals surface area (Å²) in [6.07, 6.45) is 1.99. The number of rotatable bonds is 9. The molecule has 188 valence electrons. The molecule has 7 nitrogen and oxygen atoms in total. The first-order chi connectivity index (χ1) is 17.2. The number of aliphatic hydroxyl groups is 1. The van der Waals surface area contributed by atoms with Crippen LogP contribution in [-0.4, -0.2) is 41.3 Å². The van der Waals surface area contributed by atoms with E-state index >= 15 is 0 Å². The van der Waals surface area contributed by atoms with Gasteiger partial charge in [-0.1, -0.05) is 30.7 Å². The number of aliphatic hydroxyl groups excluding tert-OH is 1. The standard InChI is InChI=1S/C27H28ClN3O4S/c1-3-31-22(13-18-5-8-21(28)9-6-18)15-20-14-19(7-12-26(20)31)27(33)30-25(17-32)24-11-10-23(16-29-24)36(34,35)4-2/h5-12,14-16,25,32H,3-4,13,17H2,1-2H3,(H,30,33)/t25-/m0/s1. The Morgan fingerprint density at radius 1 is 1.08 bits per heavy atom. The predicted octanol–water partition coefficient (Wildman–Crippen LogP) is 4.56. The number of amides is 1. The maximum Gasteiger partial charge on any atom is 0.251 e. The van der Waals surface area contributed by atoms with Gasteiger partial charge >= 0.3 is 0 Å². The summed E-state index contributed by atoms with van der Waals surface area (Å²) < 4.78 is 26.3. The molecule has 1 atom stereocenters. The second kappa shape index (κ2) is 10.8. The molecule has 0 aliphatic heterocycles. The molecule has 2 aromatic heterocycles. The molecule has 0 unspecified atom stereocenters. The van der Waals surface area contributed by atoms with Crippen LogP contribution in [0.3, 0.4) is 0 Å². The van der Waals surface area contributed by atoms with Crippen molar-refractivity contribution in [2.45, 2.75) is 37.8 Å². The smallest absolute Gasteiger partial charge is 0.251 e. The number of nitrogens with one attached hydrogen (secondary N) is 1. The van der Waals surface area contributed by atoms with E-state index in [0.29, 0.717) is 16.3 Å². The van der Waals surface area contributed by atoms with Gasteiger partial charge in [0.1, 0.15) is 0 Å². The highest BCUT2D eigenvalue weighted by molar-refractivity contribution is 7.91. The van der Waals surface area contributed by atoms with Gasteiger partial charge in [0.15, 0.2) is 9.84 Å². The molecule has 2 aromatic carbocycles. The van der Waals surface area contributed by atoms with E-state index in [4.69, 9.17) is 11.6 Å². The molecule has 2 N–H and O–H groups in total. The Labute approximate surface area is 215 Å². The van der Waals surface area contributed by atoms with E-state index in [-0.39, 0.29) is 23.2 Å². The Hall–Kier alpha value is -3.20. The number of sulfone groups is 1. The summed E-state index contributed by atoms with van der Waals surface area (Å²) >= 11 is 6.01. The molecule has 36 heavy (non-hydrogen) atoms. The molecular formula is C27H28ClN3O4S. The Kier molecular flexibility index (Phi) is 7.78. The van der Waals surface area contributed by atoms with Gasteiger partial charge in [0.2, 0.25) is 0 Å². The molecule has 0 spiro atoms. The molecular weight excluding hydrogens is 498 g/mol. The van der Waals surface area contributed by atoms with Crippen molar-refractivity contribution >= 4 is 38.2 Å². The summed E-state index contributed by atoms with van der Waals surface area (Å²) in [6, 6.07) is 17.6. The topological polar surface area (TPSA) is 101 Å². The van der Waals surface area contributed by atoms with Crippen LogP contribution in [0.5, 0.6) is 0 Å². The van der Waals surface area contributed by atoms with Crippen LogP contribution in [0.25, 0.3) is 10.9 Å². The summed E-state index contributed by atoms with van der Waals surface area (Å²) in [5.41, 5.74) is 4.14. The van der Waals surface area contributed by atoms with Gasteiger partial charge in [-0.3, -0.25) is 9.78 Å². The van der Waals surface area contributed by atoms with Crippen LogP contribution in [0, 0.1) is 0 Å². The molecule has 0 saturated carbocycles. The number of carbonyl (C=O) groups excluding carboxylic acids is 1. The summed E-state index contributed by atoms with van der Waals surface area (Å²) in [4.78, 5) is 17.3. The van der Waals surface area contributed by atoms with Crippen LogP contribution in [0.4, 0.5) is 0 Å². The zero-order chi connectivity index (χ0) is 25.9. The highest BCUT2D eigenvalue weighted by atomic mass is 35.5. The quantitative estimate of drug-likeness (QED) is 0.333. The van der Waals surface area contributed by atoms with E-state index in [9.17, 15) is 18.3 Å². The fourth-order valence-corrected chi connectivity index (χ4v) is 5.15. The third-order valence-electron chi connectivity index (χ3n) is 6.21. The summed E-state index contributed by atoms with van der Waals surface area (Å²) in [6.45, 7) is 4.06. The highest BCUT2D eigenvalue weighted by Crippen LogP contribution is 2.25. The van der Waals surface area contributed by atoms with E-state index in [2.05, 4.69) is 27.9 Å². The lowest BCUT2D eigenvalue weighted by atomic mass is 10.1. The first-order valence-corrected chi connectivity index (χ1v) is 13.8. The van der Waals surface area contributed by atoms with Gasteiger partial charge in [0, 0.05) is 46.3 Å². The van der Waals surface area contributed by atoms with Crippen molar-refractivity contribution in [1.29, 1.82) is 0 Å². The van der Waals surface area contributed by atoms with Crippen molar-refractivity contribution < 1.29 is 18.3 Å².